The highest BCUT2D eigenvalue weighted by atomic mass is 35.5. The summed E-state index contributed by atoms with van der Waals surface area (Å²) in [7, 11) is -3.13. The molecule has 0 aromatic heterocycles. The third-order valence-corrected chi connectivity index (χ3v) is 6.26. The van der Waals surface area contributed by atoms with Gasteiger partial charge in [0.2, 0.25) is 10.0 Å². The summed E-state index contributed by atoms with van der Waals surface area (Å²) >= 11 is 5.97. The summed E-state index contributed by atoms with van der Waals surface area (Å²) in [6, 6.07) is 5.18. The Kier molecular flexibility index (Phi) is 3.49. The summed E-state index contributed by atoms with van der Waals surface area (Å²) in [5, 5.41) is 0.571. The van der Waals surface area contributed by atoms with E-state index in [4.69, 9.17) is 16.3 Å². The standard InChI is InChI=1S/C15H18ClN3O4S/c1-24(21,22)18-9-15(10-18)7-17(8-15)14(20)19-4-5-23-13-6-11(16)2-3-12(13)19/h2-3,6H,4-5,7-10H2,1H3. The molecule has 2 amide bonds. The molecule has 1 aromatic rings. The van der Waals surface area contributed by atoms with E-state index < -0.39 is 10.0 Å². The Morgan fingerprint density at radius 3 is 2.62 bits per heavy atom. The Morgan fingerprint density at radius 1 is 1.25 bits per heavy atom. The molecule has 24 heavy (non-hydrogen) atoms. The molecule has 0 unspecified atom stereocenters. The zero-order valence-electron chi connectivity index (χ0n) is 13.2. The minimum absolute atomic E-state index is 0.0617. The second kappa shape index (κ2) is 5.24. The van der Waals surface area contributed by atoms with E-state index in [9.17, 15) is 13.2 Å². The lowest BCUT2D eigenvalue weighted by Gasteiger charge is -2.59. The molecule has 1 spiro atoms. The number of hydrogen-bond donors (Lipinski definition) is 0. The van der Waals surface area contributed by atoms with Gasteiger partial charge >= 0.3 is 6.03 Å². The number of sulfonamides is 1. The molecule has 2 saturated heterocycles. The van der Waals surface area contributed by atoms with Crippen LogP contribution in [-0.4, -0.2) is 69.2 Å². The molecule has 130 valence electrons. The van der Waals surface area contributed by atoms with Gasteiger partial charge in [-0.25, -0.2) is 17.5 Å². The van der Waals surface area contributed by atoms with Crippen LogP contribution in [0.1, 0.15) is 0 Å². The van der Waals surface area contributed by atoms with E-state index in [0.29, 0.717) is 50.1 Å². The van der Waals surface area contributed by atoms with Gasteiger partial charge in [-0.3, -0.25) is 4.90 Å². The van der Waals surface area contributed by atoms with E-state index in [0.717, 1.165) is 5.69 Å². The topological polar surface area (TPSA) is 70.2 Å². The smallest absolute Gasteiger partial charge is 0.324 e. The lowest BCUT2D eigenvalue weighted by molar-refractivity contribution is -0.0551. The van der Waals surface area contributed by atoms with Crippen LogP contribution in [-0.2, 0) is 10.0 Å². The van der Waals surface area contributed by atoms with E-state index in [-0.39, 0.29) is 11.4 Å². The molecule has 0 bridgehead atoms. The van der Waals surface area contributed by atoms with E-state index in [1.54, 1.807) is 28.0 Å². The van der Waals surface area contributed by atoms with Crippen LogP contribution in [0.4, 0.5) is 10.5 Å². The van der Waals surface area contributed by atoms with Crippen molar-refractivity contribution >= 4 is 33.3 Å². The Labute approximate surface area is 145 Å². The number of fused-ring (bicyclic) bond motifs is 1. The van der Waals surface area contributed by atoms with Crippen LogP contribution < -0.4 is 9.64 Å². The van der Waals surface area contributed by atoms with Crippen molar-refractivity contribution in [2.75, 3.05) is 50.5 Å². The van der Waals surface area contributed by atoms with Crippen LogP contribution in [0.5, 0.6) is 5.75 Å². The highest BCUT2D eigenvalue weighted by Crippen LogP contribution is 2.42. The van der Waals surface area contributed by atoms with Crippen molar-refractivity contribution in [1.29, 1.82) is 0 Å². The summed E-state index contributed by atoms with van der Waals surface area (Å²) < 4.78 is 30.0. The average Bonchev–Trinajstić information content (AvgIpc) is 2.41. The lowest BCUT2D eigenvalue weighted by atomic mass is 9.74. The number of nitrogens with zero attached hydrogens (tertiary/aromatic N) is 3. The summed E-state index contributed by atoms with van der Waals surface area (Å²) in [6.45, 7) is 3.12. The molecule has 0 saturated carbocycles. The summed E-state index contributed by atoms with van der Waals surface area (Å²) in [4.78, 5) is 16.2. The minimum Gasteiger partial charge on any atom is -0.489 e. The maximum absolute atomic E-state index is 12.8. The third-order valence-electron chi connectivity index (χ3n) is 4.83. The van der Waals surface area contributed by atoms with Crippen LogP contribution in [0, 0.1) is 5.41 Å². The highest BCUT2D eigenvalue weighted by Gasteiger charge is 2.56. The van der Waals surface area contributed by atoms with Crippen molar-refractivity contribution in [2.45, 2.75) is 0 Å². The van der Waals surface area contributed by atoms with Crippen molar-refractivity contribution in [3.8, 4) is 5.75 Å². The van der Waals surface area contributed by atoms with Crippen LogP contribution in [0.3, 0.4) is 0 Å². The number of urea groups is 1. The van der Waals surface area contributed by atoms with Gasteiger partial charge < -0.3 is 9.64 Å². The molecule has 0 N–H and O–H groups in total. The number of anilines is 1. The van der Waals surface area contributed by atoms with E-state index in [2.05, 4.69) is 0 Å². The van der Waals surface area contributed by atoms with Crippen LogP contribution >= 0.6 is 11.6 Å². The first kappa shape index (κ1) is 16.0. The van der Waals surface area contributed by atoms with E-state index in [1.807, 2.05) is 0 Å². The maximum Gasteiger partial charge on any atom is 0.324 e. The summed E-state index contributed by atoms with van der Waals surface area (Å²) in [6.07, 6.45) is 1.22. The van der Waals surface area contributed by atoms with Gasteiger partial charge in [0, 0.05) is 42.7 Å². The first-order chi connectivity index (χ1) is 11.3. The van der Waals surface area contributed by atoms with Crippen LogP contribution in [0.2, 0.25) is 5.02 Å². The number of likely N-dealkylation sites (tertiary alicyclic amines) is 1. The van der Waals surface area contributed by atoms with E-state index in [1.165, 1.54) is 10.6 Å². The predicted octanol–water partition coefficient (Wildman–Crippen LogP) is 1.24. The van der Waals surface area contributed by atoms with Gasteiger partial charge in [0.15, 0.2) is 0 Å². The van der Waals surface area contributed by atoms with Gasteiger partial charge in [-0.15, -0.1) is 0 Å². The highest BCUT2D eigenvalue weighted by molar-refractivity contribution is 7.88. The first-order valence-electron chi connectivity index (χ1n) is 7.71. The fourth-order valence-electron chi connectivity index (χ4n) is 3.60. The fourth-order valence-corrected chi connectivity index (χ4v) is 4.78. The Hall–Kier alpha value is -1.51. The molecule has 3 heterocycles. The Bertz CT molecular complexity index is 799. The van der Waals surface area contributed by atoms with Gasteiger partial charge in [-0.1, -0.05) is 11.6 Å². The van der Waals surface area contributed by atoms with Gasteiger partial charge in [-0.2, -0.15) is 0 Å². The Morgan fingerprint density at radius 2 is 1.96 bits per heavy atom. The molecule has 7 nitrogen and oxygen atoms in total. The molecule has 3 aliphatic heterocycles. The maximum atomic E-state index is 12.8. The van der Waals surface area contributed by atoms with Crippen molar-refractivity contribution < 1.29 is 17.9 Å². The number of halogens is 1. The van der Waals surface area contributed by atoms with Crippen molar-refractivity contribution in [1.82, 2.24) is 9.21 Å². The number of rotatable bonds is 1. The van der Waals surface area contributed by atoms with Crippen LogP contribution in [0.15, 0.2) is 18.2 Å². The molecule has 3 aliphatic rings. The van der Waals surface area contributed by atoms with Gasteiger partial charge in [-0.05, 0) is 12.1 Å². The number of hydrogen-bond acceptors (Lipinski definition) is 4. The Balaban J connectivity index is 1.43. The van der Waals surface area contributed by atoms with Crippen molar-refractivity contribution in [2.24, 2.45) is 5.41 Å². The van der Waals surface area contributed by atoms with Gasteiger partial charge in [0.05, 0.1) is 18.5 Å². The fraction of sp³-hybridized carbons (Fsp3) is 0.533. The molecular weight excluding hydrogens is 354 g/mol. The number of benzene rings is 1. The molecule has 1 aromatic carbocycles. The van der Waals surface area contributed by atoms with Gasteiger partial charge in [0.1, 0.15) is 12.4 Å². The molecule has 0 radical (unpaired) electrons. The predicted molar refractivity (Wildman–Crippen MR) is 90.1 cm³/mol. The minimum atomic E-state index is -3.13. The van der Waals surface area contributed by atoms with Crippen molar-refractivity contribution in [3.05, 3.63) is 23.2 Å². The van der Waals surface area contributed by atoms with Crippen LogP contribution in [0.25, 0.3) is 0 Å². The SMILES string of the molecule is CS(=O)(=O)N1CC2(CN(C(=O)N3CCOc4cc(Cl)ccc43)C2)C1. The van der Waals surface area contributed by atoms with E-state index >= 15 is 0 Å². The number of carbonyl (C=O) groups is 1. The second-order valence-corrected chi connectivity index (χ2v) is 9.20. The molecule has 0 atom stereocenters. The molecule has 4 rings (SSSR count). The quantitative estimate of drug-likeness (QED) is 0.744. The zero-order chi connectivity index (χ0) is 17.1. The summed E-state index contributed by atoms with van der Waals surface area (Å²) in [5.74, 6) is 0.615. The average molecular weight is 372 g/mol. The molecule has 9 heteroatoms. The number of amides is 2. The third kappa shape index (κ3) is 2.53. The molecule has 2 fully saturated rings. The monoisotopic (exact) mass is 371 g/mol. The lowest BCUT2D eigenvalue weighted by Crippen LogP contribution is -2.74. The second-order valence-electron chi connectivity index (χ2n) is 6.78. The number of ether oxygens (including phenoxy) is 1. The van der Waals surface area contributed by atoms with Crippen molar-refractivity contribution in [3.63, 3.8) is 0 Å². The normalized spacial score (nSPS) is 22.4. The molecular formula is C15H18ClN3O4S. The zero-order valence-corrected chi connectivity index (χ0v) is 14.8. The molecule has 0 aliphatic carbocycles. The first-order valence-corrected chi connectivity index (χ1v) is 9.94. The number of carbonyl (C=O) groups excluding carboxylic acids is 1. The van der Waals surface area contributed by atoms with Gasteiger partial charge in [0.25, 0.3) is 0 Å². The summed E-state index contributed by atoms with van der Waals surface area (Å²) in [5.41, 5.74) is 0.663. The largest absolute Gasteiger partial charge is 0.489 e.